The zero-order chi connectivity index (χ0) is 18.6. The van der Waals surface area contributed by atoms with E-state index in [0.29, 0.717) is 32.7 Å². The minimum Gasteiger partial charge on any atom is -0.481 e. The number of ether oxygens (including phenoxy) is 2. The third kappa shape index (κ3) is 20.8. The molecular weight excluding hydrogens is 328 g/mol. The van der Waals surface area contributed by atoms with E-state index in [9.17, 15) is 9.59 Å². The summed E-state index contributed by atoms with van der Waals surface area (Å²) in [5.74, 6) is -1.36. The van der Waals surface area contributed by atoms with Crippen molar-refractivity contribution in [3.8, 4) is 0 Å². The lowest BCUT2D eigenvalue weighted by Gasteiger charge is -2.06. The summed E-state index contributed by atoms with van der Waals surface area (Å²) >= 11 is 0. The van der Waals surface area contributed by atoms with Gasteiger partial charge in [0, 0.05) is 19.4 Å². The highest BCUT2D eigenvalue weighted by Gasteiger charge is 2.05. The second-order valence-corrected chi connectivity index (χ2v) is 5.87. The Bertz CT molecular complexity index is 321. The van der Waals surface area contributed by atoms with Crippen molar-refractivity contribution in [1.29, 1.82) is 0 Å². The van der Waals surface area contributed by atoms with Crippen LogP contribution in [0.4, 0.5) is 0 Å². The van der Waals surface area contributed by atoms with Gasteiger partial charge in [-0.15, -0.1) is 0 Å². The fourth-order valence-corrected chi connectivity index (χ4v) is 2.09. The fourth-order valence-electron chi connectivity index (χ4n) is 2.09. The third-order valence-electron chi connectivity index (χ3n) is 3.50. The van der Waals surface area contributed by atoms with Crippen LogP contribution >= 0.6 is 0 Å². The van der Waals surface area contributed by atoms with Gasteiger partial charge in [-0.25, -0.2) is 4.79 Å². The molecule has 0 bridgehead atoms. The highest BCUT2D eigenvalue weighted by Crippen LogP contribution is 2.04. The number of carbonyl (C=O) groups is 2. The maximum absolute atomic E-state index is 11.3. The lowest BCUT2D eigenvalue weighted by Crippen LogP contribution is -2.12. The summed E-state index contributed by atoms with van der Waals surface area (Å²) < 4.78 is 10.8. The van der Waals surface area contributed by atoms with Crippen molar-refractivity contribution in [2.24, 2.45) is 0 Å². The molecule has 0 aliphatic heterocycles. The van der Waals surface area contributed by atoms with Crippen LogP contribution < -0.4 is 0 Å². The summed E-state index contributed by atoms with van der Waals surface area (Å²) in [5, 5.41) is 8.46. The average Bonchev–Trinajstić information content (AvgIpc) is 2.59. The van der Waals surface area contributed by atoms with Gasteiger partial charge in [-0.3, -0.25) is 9.68 Å². The van der Waals surface area contributed by atoms with Crippen molar-refractivity contribution in [1.82, 2.24) is 0 Å². The van der Waals surface area contributed by atoms with E-state index in [-0.39, 0.29) is 19.4 Å². The predicted molar refractivity (Wildman–Crippen MR) is 93.2 cm³/mol. The van der Waals surface area contributed by atoms with Crippen LogP contribution in [0.5, 0.6) is 0 Å². The Hall–Kier alpha value is -1.18. The highest BCUT2D eigenvalue weighted by atomic mass is 17.2. The standard InChI is InChI=1S/C18H34O7/c1-2-3-4-5-6-9-12-22-13-14-23-15-16-24-25-18(21)11-8-7-10-17(19)20/h2-16H2,1H3,(H,19,20). The van der Waals surface area contributed by atoms with E-state index in [1.54, 1.807) is 0 Å². The molecule has 0 aliphatic carbocycles. The van der Waals surface area contributed by atoms with Gasteiger partial charge in [0.2, 0.25) is 0 Å². The van der Waals surface area contributed by atoms with Crippen LogP contribution in [0.25, 0.3) is 0 Å². The monoisotopic (exact) mass is 362 g/mol. The quantitative estimate of drug-likeness (QED) is 0.214. The molecular formula is C18H34O7. The topological polar surface area (TPSA) is 91.3 Å². The summed E-state index contributed by atoms with van der Waals surface area (Å²) in [6, 6.07) is 0. The van der Waals surface area contributed by atoms with Crippen LogP contribution in [-0.2, 0) is 28.8 Å². The Morgan fingerprint density at radius 3 is 2.04 bits per heavy atom. The average molecular weight is 362 g/mol. The molecule has 0 spiro atoms. The maximum atomic E-state index is 11.3. The molecule has 0 unspecified atom stereocenters. The minimum atomic E-state index is -0.863. The number of carboxylic acid groups (broad SMARTS) is 1. The summed E-state index contributed by atoms with van der Waals surface area (Å²) in [6.45, 7) is 4.51. The second-order valence-electron chi connectivity index (χ2n) is 5.87. The zero-order valence-corrected chi connectivity index (χ0v) is 15.5. The molecule has 148 valence electrons. The Balaban J connectivity index is 3.13. The van der Waals surface area contributed by atoms with Crippen LogP contribution in [0, 0.1) is 0 Å². The van der Waals surface area contributed by atoms with Crippen molar-refractivity contribution in [2.75, 3.05) is 33.0 Å². The SMILES string of the molecule is CCCCCCCCOCCOCCOOC(=O)CCCCC(=O)O. The Labute approximate surface area is 150 Å². The van der Waals surface area contributed by atoms with Gasteiger partial charge in [-0.2, -0.15) is 4.89 Å². The van der Waals surface area contributed by atoms with Gasteiger partial charge in [-0.05, 0) is 19.3 Å². The lowest BCUT2D eigenvalue weighted by atomic mass is 10.1. The molecule has 0 amide bonds. The van der Waals surface area contributed by atoms with Crippen molar-refractivity contribution >= 4 is 11.9 Å². The first-order chi connectivity index (χ1) is 12.2. The molecule has 0 aromatic rings. The Morgan fingerprint density at radius 2 is 1.32 bits per heavy atom. The molecule has 0 rings (SSSR count). The zero-order valence-electron chi connectivity index (χ0n) is 15.5. The first-order valence-electron chi connectivity index (χ1n) is 9.36. The van der Waals surface area contributed by atoms with Crippen LogP contribution in [0.2, 0.25) is 0 Å². The molecule has 0 aromatic carbocycles. The summed E-state index contributed by atoms with van der Waals surface area (Å²) in [6.07, 6.45) is 8.62. The highest BCUT2D eigenvalue weighted by molar-refractivity contribution is 5.69. The summed E-state index contributed by atoms with van der Waals surface area (Å²) in [4.78, 5) is 30.8. The smallest absolute Gasteiger partial charge is 0.342 e. The van der Waals surface area contributed by atoms with E-state index in [1.165, 1.54) is 32.1 Å². The van der Waals surface area contributed by atoms with E-state index in [1.807, 2.05) is 0 Å². The molecule has 25 heavy (non-hydrogen) atoms. The molecule has 0 heterocycles. The predicted octanol–water partition coefficient (Wildman–Crippen LogP) is 3.50. The first-order valence-corrected chi connectivity index (χ1v) is 9.36. The third-order valence-corrected chi connectivity index (χ3v) is 3.50. The van der Waals surface area contributed by atoms with Gasteiger partial charge >= 0.3 is 11.9 Å². The summed E-state index contributed by atoms with van der Waals surface area (Å²) in [5.41, 5.74) is 0. The van der Waals surface area contributed by atoms with Crippen molar-refractivity contribution in [2.45, 2.75) is 71.1 Å². The number of aliphatic carboxylic acids is 1. The molecule has 7 heteroatoms. The largest absolute Gasteiger partial charge is 0.481 e. The number of unbranched alkanes of at least 4 members (excludes halogenated alkanes) is 6. The van der Waals surface area contributed by atoms with E-state index in [0.717, 1.165) is 13.0 Å². The first kappa shape index (κ1) is 23.8. The van der Waals surface area contributed by atoms with Crippen LogP contribution in [-0.4, -0.2) is 50.1 Å². The van der Waals surface area contributed by atoms with Crippen molar-refractivity contribution in [3.05, 3.63) is 0 Å². The fraction of sp³-hybridized carbons (Fsp3) is 0.889. The number of hydrogen-bond acceptors (Lipinski definition) is 6. The van der Waals surface area contributed by atoms with Gasteiger partial charge in [-0.1, -0.05) is 39.0 Å². The summed E-state index contributed by atoms with van der Waals surface area (Å²) in [7, 11) is 0. The molecule has 0 atom stereocenters. The molecule has 0 fully saturated rings. The Morgan fingerprint density at radius 1 is 0.720 bits per heavy atom. The van der Waals surface area contributed by atoms with E-state index >= 15 is 0 Å². The number of hydrogen-bond donors (Lipinski definition) is 1. The number of rotatable bonds is 19. The molecule has 0 radical (unpaired) electrons. The lowest BCUT2D eigenvalue weighted by molar-refractivity contribution is -0.276. The molecule has 7 nitrogen and oxygen atoms in total. The molecule has 0 saturated heterocycles. The van der Waals surface area contributed by atoms with E-state index in [2.05, 4.69) is 11.8 Å². The van der Waals surface area contributed by atoms with E-state index < -0.39 is 11.9 Å². The van der Waals surface area contributed by atoms with Crippen LogP contribution in [0.15, 0.2) is 0 Å². The van der Waals surface area contributed by atoms with Gasteiger partial charge in [0.25, 0.3) is 0 Å². The van der Waals surface area contributed by atoms with E-state index in [4.69, 9.17) is 19.5 Å². The van der Waals surface area contributed by atoms with Gasteiger partial charge < -0.3 is 14.6 Å². The van der Waals surface area contributed by atoms with Crippen LogP contribution in [0.3, 0.4) is 0 Å². The maximum Gasteiger partial charge on any atom is 0.342 e. The molecule has 0 saturated carbocycles. The van der Waals surface area contributed by atoms with Crippen molar-refractivity contribution in [3.63, 3.8) is 0 Å². The molecule has 1 N–H and O–H groups in total. The van der Waals surface area contributed by atoms with Crippen LogP contribution in [0.1, 0.15) is 71.1 Å². The molecule has 0 aliphatic rings. The minimum absolute atomic E-state index is 0.0584. The number of carbonyl (C=O) groups excluding carboxylic acids is 1. The van der Waals surface area contributed by atoms with Gasteiger partial charge in [0.15, 0.2) is 0 Å². The Kier molecular flexibility index (Phi) is 18.2. The number of carboxylic acids is 1. The molecule has 0 aromatic heterocycles. The van der Waals surface area contributed by atoms with Crippen molar-refractivity contribution < 1.29 is 33.9 Å². The normalized spacial score (nSPS) is 10.8. The van der Waals surface area contributed by atoms with Gasteiger partial charge in [0.1, 0.15) is 6.61 Å². The van der Waals surface area contributed by atoms with Gasteiger partial charge in [0.05, 0.1) is 19.8 Å². The second kappa shape index (κ2) is 19.1.